The molecule has 2 fully saturated rings. The molecule has 0 aromatic heterocycles. The number of amides is 3. The van der Waals surface area contributed by atoms with Crippen LogP contribution in [0.1, 0.15) is 30.1 Å². The summed E-state index contributed by atoms with van der Waals surface area (Å²) >= 11 is 0. The van der Waals surface area contributed by atoms with Gasteiger partial charge in [-0.3, -0.25) is 24.0 Å². The second kappa shape index (κ2) is 7.42. The zero-order chi connectivity index (χ0) is 20.7. The van der Waals surface area contributed by atoms with Crippen LogP contribution in [0.4, 0.5) is 4.79 Å². The summed E-state index contributed by atoms with van der Waals surface area (Å²) in [5.41, 5.74) is 0.591. The highest BCUT2D eigenvalue weighted by Crippen LogP contribution is 2.25. The number of ketones is 1. The van der Waals surface area contributed by atoms with E-state index in [-0.39, 0.29) is 18.2 Å². The molecule has 0 radical (unpaired) electrons. The van der Waals surface area contributed by atoms with Crippen LogP contribution in [0.5, 0.6) is 0 Å². The number of nitrogens with zero attached hydrogens (tertiary/aromatic N) is 5. The van der Waals surface area contributed by atoms with Crippen LogP contribution >= 0.6 is 0 Å². The number of amidine groups is 1. The molecule has 1 aromatic rings. The van der Waals surface area contributed by atoms with E-state index in [1.54, 1.807) is 24.1 Å². The molecule has 4 rings (SSSR count). The Kier molecular flexibility index (Phi) is 4.94. The molecule has 3 aliphatic heterocycles. The number of likely N-dealkylation sites (N-methyl/N-ethyl adjacent to an activating group) is 2. The summed E-state index contributed by atoms with van der Waals surface area (Å²) in [6.45, 7) is 3.86. The molecule has 8 heteroatoms. The van der Waals surface area contributed by atoms with Gasteiger partial charge in [-0.25, -0.2) is 9.69 Å². The van der Waals surface area contributed by atoms with E-state index < -0.39 is 12.1 Å². The Morgan fingerprint density at radius 3 is 2.59 bits per heavy atom. The van der Waals surface area contributed by atoms with Crippen molar-refractivity contribution in [2.75, 3.05) is 33.7 Å². The van der Waals surface area contributed by atoms with E-state index in [4.69, 9.17) is 4.99 Å². The van der Waals surface area contributed by atoms with Crippen molar-refractivity contribution in [3.8, 4) is 0 Å². The largest absolute Gasteiger partial charge is 0.392 e. The summed E-state index contributed by atoms with van der Waals surface area (Å²) in [5.74, 6) is 1.08. The lowest BCUT2D eigenvalue weighted by molar-refractivity contribution is -0.550. The molecule has 2 saturated heterocycles. The van der Waals surface area contributed by atoms with Gasteiger partial charge in [0.2, 0.25) is 11.9 Å². The highest BCUT2D eigenvalue weighted by atomic mass is 16.2. The molecule has 3 amide bonds. The first kappa shape index (κ1) is 19.3. The van der Waals surface area contributed by atoms with Crippen molar-refractivity contribution < 1.29 is 19.0 Å². The summed E-state index contributed by atoms with van der Waals surface area (Å²) in [7, 11) is 3.09. The average Bonchev–Trinajstić information content (AvgIpc) is 3.10. The predicted molar refractivity (Wildman–Crippen MR) is 108 cm³/mol. The number of carbonyl (C=O) groups excluding carboxylic acids is 3. The van der Waals surface area contributed by atoms with Crippen molar-refractivity contribution in [3.05, 3.63) is 35.9 Å². The van der Waals surface area contributed by atoms with Gasteiger partial charge < -0.3 is 0 Å². The molecule has 29 heavy (non-hydrogen) atoms. The molecular formula is C21H26N5O3+. The lowest BCUT2D eigenvalue weighted by Crippen LogP contribution is -2.63. The molecule has 0 N–H and O–H groups in total. The standard InChI is InChI=1S/C21H26N5O3/c1-14-8-7-11-25(12-14)20-22-18-17(19(28)24(3)21(29)23(18)2)26(20)13-16(27)15-9-5-4-6-10-15/h4-6,9-10,14,17H,7-8,11-13H2,1-3H3/q+1. The van der Waals surface area contributed by atoms with Gasteiger partial charge >= 0.3 is 12.0 Å². The van der Waals surface area contributed by atoms with Crippen LogP contribution < -0.4 is 0 Å². The fourth-order valence-electron chi connectivity index (χ4n) is 4.24. The van der Waals surface area contributed by atoms with E-state index in [9.17, 15) is 14.4 Å². The number of imide groups is 1. The van der Waals surface area contributed by atoms with Crippen LogP contribution in [0, 0.1) is 5.92 Å². The van der Waals surface area contributed by atoms with E-state index in [1.807, 2.05) is 18.2 Å². The van der Waals surface area contributed by atoms with E-state index in [0.29, 0.717) is 23.3 Å². The Morgan fingerprint density at radius 2 is 1.90 bits per heavy atom. The van der Waals surface area contributed by atoms with Gasteiger partial charge in [-0.05, 0) is 18.8 Å². The van der Waals surface area contributed by atoms with Gasteiger partial charge in [-0.1, -0.05) is 42.2 Å². The van der Waals surface area contributed by atoms with Crippen LogP contribution in [-0.2, 0) is 4.79 Å². The summed E-state index contributed by atoms with van der Waals surface area (Å²) in [6, 6.07) is 7.88. The number of Topliss-reactive ketones (excluding diaryl/α,β-unsaturated/α-hetero) is 1. The molecule has 0 saturated carbocycles. The van der Waals surface area contributed by atoms with Crippen molar-refractivity contribution in [1.29, 1.82) is 0 Å². The van der Waals surface area contributed by atoms with E-state index >= 15 is 0 Å². The van der Waals surface area contributed by atoms with Crippen molar-refractivity contribution in [2.24, 2.45) is 10.9 Å². The van der Waals surface area contributed by atoms with Crippen molar-refractivity contribution >= 4 is 29.5 Å². The molecule has 0 spiro atoms. The van der Waals surface area contributed by atoms with Crippen LogP contribution in [0.2, 0.25) is 0 Å². The van der Waals surface area contributed by atoms with Crippen LogP contribution in [0.3, 0.4) is 0 Å². The maximum Gasteiger partial charge on any atom is 0.392 e. The van der Waals surface area contributed by atoms with Gasteiger partial charge in [-0.15, -0.1) is 0 Å². The predicted octanol–water partition coefficient (Wildman–Crippen LogP) is 1.27. The topological polar surface area (TPSA) is 76.3 Å². The number of hydrogen-bond acceptors (Lipinski definition) is 3. The fourth-order valence-corrected chi connectivity index (χ4v) is 4.24. The Morgan fingerprint density at radius 1 is 1.17 bits per heavy atom. The van der Waals surface area contributed by atoms with Crippen molar-refractivity contribution in [1.82, 2.24) is 14.7 Å². The molecule has 152 valence electrons. The van der Waals surface area contributed by atoms with Gasteiger partial charge in [0.1, 0.15) is 6.54 Å². The Labute approximate surface area is 170 Å². The number of guanidine groups is 1. The second-order valence-electron chi connectivity index (χ2n) is 8.02. The number of urea groups is 1. The monoisotopic (exact) mass is 396 g/mol. The SMILES string of the molecule is CC1CCC[N+](=C2N=C3C(C(=O)N(C)C(=O)N3C)N2CC(=O)c2ccccc2)C1. The van der Waals surface area contributed by atoms with Gasteiger partial charge in [0.15, 0.2) is 5.78 Å². The first-order valence-corrected chi connectivity index (χ1v) is 9.99. The highest BCUT2D eigenvalue weighted by Gasteiger charge is 2.55. The lowest BCUT2D eigenvalue weighted by atomic mass is 10.0. The quantitative estimate of drug-likeness (QED) is 0.570. The van der Waals surface area contributed by atoms with E-state index in [1.165, 1.54) is 11.9 Å². The van der Waals surface area contributed by atoms with E-state index in [0.717, 1.165) is 30.8 Å². The molecule has 0 aliphatic carbocycles. The molecule has 8 nitrogen and oxygen atoms in total. The smallest absolute Gasteiger partial charge is 0.291 e. The zero-order valence-electron chi connectivity index (χ0n) is 17.0. The normalized spacial score (nSPS) is 27.3. The maximum absolute atomic E-state index is 13.0. The number of benzene rings is 1. The van der Waals surface area contributed by atoms with Crippen LogP contribution in [0.15, 0.2) is 35.3 Å². The Bertz CT molecular complexity index is 924. The molecule has 0 bridgehead atoms. The highest BCUT2D eigenvalue weighted by molar-refractivity contribution is 6.25. The molecular weight excluding hydrogens is 370 g/mol. The van der Waals surface area contributed by atoms with Gasteiger partial charge in [0, 0.05) is 19.7 Å². The number of fused-ring (bicyclic) bond motifs is 1. The summed E-state index contributed by atoms with van der Waals surface area (Å²) < 4.78 is 2.14. The lowest BCUT2D eigenvalue weighted by Gasteiger charge is -2.33. The first-order chi connectivity index (χ1) is 13.9. The molecule has 2 atom stereocenters. The Balaban J connectivity index is 1.75. The van der Waals surface area contributed by atoms with Crippen LogP contribution in [0.25, 0.3) is 0 Å². The summed E-state index contributed by atoms with van der Waals surface area (Å²) in [5, 5.41) is 0. The van der Waals surface area contributed by atoms with Gasteiger partial charge in [0.25, 0.3) is 5.91 Å². The van der Waals surface area contributed by atoms with Gasteiger partial charge in [0.05, 0.1) is 13.1 Å². The number of piperidine rings is 1. The summed E-state index contributed by atoms with van der Waals surface area (Å²) in [4.78, 5) is 47.4. The summed E-state index contributed by atoms with van der Waals surface area (Å²) in [6.07, 6.45) is 2.18. The first-order valence-electron chi connectivity index (χ1n) is 9.99. The number of carbonyl (C=O) groups is 3. The third-order valence-corrected chi connectivity index (χ3v) is 5.86. The number of rotatable bonds is 3. The fraction of sp³-hybridized carbons (Fsp3) is 0.476. The second-order valence-corrected chi connectivity index (χ2v) is 8.02. The molecule has 3 aliphatic rings. The zero-order valence-corrected chi connectivity index (χ0v) is 17.0. The average molecular weight is 396 g/mol. The van der Waals surface area contributed by atoms with Crippen molar-refractivity contribution in [2.45, 2.75) is 25.8 Å². The minimum absolute atomic E-state index is 0.0313. The molecule has 2 unspecified atom stereocenters. The maximum atomic E-state index is 13.0. The Hall–Kier alpha value is -3.03. The molecule has 3 heterocycles. The van der Waals surface area contributed by atoms with Gasteiger partial charge in [-0.2, -0.15) is 0 Å². The minimum atomic E-state index is -0.761. The van der Waals surface area contributed by atoms with Crippen LogP contribution in [-0.4, -0.2) is 88.6 Å². The number of aliphatic imine (C=N–C) groups is 1. The third-order valence-electron chi connectivity index (χ3n) is 5.86. The molecule has 1 aromatic carbocycles. The van der Waals surface area contributed by atoms with Crippen molar-refractivity contribution in [3.63, 3.8) is 0 Å². The number of hydrogen-bond donors (Lipinski definition) is 0. The minimum Gasteiger partial charge on any atom is -0.291 e. The third kappa shape index (κ3) is 3.32. The van der Waals surface area contributed by atoms with E-state index in [2.05, 4.69) is 11.5 Å².